The molecule has 1 N–H and O–H groups in total. The SMILES string of the molecule is C/C=C/CN1CC(CC)(CC)NCC1C1CCCCC1. The van der Waals surface area contributed by atoms with Gasteiger partial charge in [0.15, 0.2) is 0 Å². The first-order chi connectivity index (χ1) is 9.74. The van der Waals surface area contributed by atoms with Gasteiger partial charge >= 0.3 is 0 Å². The van der Waals surface area contributed by atoms with Gasteiger partial charge in [-0.05, 0) is 38.5 Å². The average Bonchev–Trinajstić information content (AvgIpc) is 2.53. The van der Waals surface area contributed by atoms with E-state index < -0.39 is 0 Å². The molecule has 1 aliphatic carbocycles. The van der Waals surface area contributed by atoms with Gasteiger partial charge in [-0.2, -0.15) is 0 Å². The molecule has 0 aromatic heterocycles. The zero-order chi connectivity index (χ0) is 14.4. The van der Waals surface area contributed by atoms with Crippen molar-refractivity contribution in [3.8, 4) is 0 Å². The Morgan fingerprint density at radius 1 is 1.15 bits per heavy atom. The maximum atomic E-state index is 3.92. The third-order valence-corrected chi connectivity index (χ3v) is 5.78. The van der Waals surface area contributed by atoms with E-state index in [9.17, 15) is 0 Å². The largest absolute Gasteiger partial charge is 0.308 e. The van der Waals surface area contributed by atoms with Crippen LogP contribution in [0.2, 0.25) is 0 Å². The Morgan fingerprint density at radius 3 is 2.45 bits per heavy atom. The Balaban J connectivity index is 2.06. The van der Waals surface area contributed by atoms with Gasteiger partial charge in [-0.25, -0.2) is 0 Å². The summed E-state index contributed by atoms with van der Waals surface area (Å²) < 4.78 is 0. The third kappa shape index (κ3) is 3.65. The van der Waals surface area contributed by atoms with Crippen molar-refractivity contribution in [3.05, 3.63) is 12.2 Å². The quantitative estimate of drug-likeness (QED) is 0.765. The van der Waals surface area contributed by atoms with E-state index in [2.05, 4.69) is 43.1 Å². The molecule has 0 bridgehead atoms. The summed E-state index contributed by atoms with van der Waals surface area (Å²) in [6.07, 6.45) is 14.3. The number of hydrogen-bond acceptors (Lipinski definition) is 2. The summed E-state index contributed by atoms with van der Waals surface area (Å²) in [5.74, 6) is 0.924. The fourth-order valence-electron chi connectivity index (χ4n) is 4.16. The highest BCUT2D eigenvalue weighted by molar-refractivity contribution is 5.00. The first-order valence-electron chi connectivity index (χ1n) is 8.85. The fraction of sp³-hybridized carbons (Fsp3) is 0.889. The molecule has 1 saturated carbocycles. The zero-order valence-corrected chi connectivity index (χ0v) is 13.8. The predicted molar refractivity (Wildman–Crippen MR) is 88.1 cm³/mol. The number of rotatable bonds is 5. The normalized spacial score (nSPS) is 29.1. The van der Waals surface area contributed by atoms with E-state index in [-0.39, 0.29) is 0 Å². The molecule has 2 nitrogen and oxygen atoms in total. The summed E-state index contributed by atoms with van der Waals surface area (Å²) in [6.45, 7) is 10.4. The van der Waals surface area contributed by atoms with Crippen LogP contribution in [-0.2, 0) is 0 Å². The van der Waals surface area contributed by atoms with Crippen LogP contribution in [0, 0.1) is 5.92 Å². The number of nitrogens with zero attached hydrogens (tertiary/aromatic N) is 1. The Bertz CT molecular complexity index is 301. The van der Waals surface area contributed by atoms with Crippen LogP contribution < -0.4 is 5.32 Å². The van der Waals surface area contributed by atoms with Crippen molar-refractivity contribution >= 4 is 0 Å². The topological polar surface area (TPSA) is 15.3 Å². The molecule has 1 atom stereocenters. The summed E-state index contributed by atoms with van der Waals surface area (Å²) >= 11 is 0. The monoisotopic (exact) mass is 278 g/mol. The lowest BCUT2D eigenvalue weighted by molar-refractivity contribution is 0.0411. The molecule has 0 aromatic rings. The zero-order valence-electron chi connectivity index (χ0n) is 13.8. The highest BCUT2D eigenvalue weighted by Crippen LogP contribution is 2.33. The summed E-state index contributed by atoms with van der Waals surface area (Å²) in [4.78, 5) is 2.78. The van der Waals surface area contributed by atoms with E-state index in [0.717, 1.165) is 18.5 Å². The number of allylic oxidation sites excluding steroid dienone is 1. The first-order valence-corrected chi connectivity index (χ1v) is 8.85. The van der Waals surface area contributed by atoms with Gasteiger partial charge in [-0.15, -0.1) is 0 Å². The Morgan fingerprint density at radius 2 is 1.85 bits per heavy atom. The van der Waals surface area contributed by atoms with Gasteiger partial charge in [-0.3, -0.25) is 4.90 Å². The smallest absolute Gasteiger partial charge is 0.0304 e. The van der Waals surface area contributed by atoms with E-state index >= 15 is 0 Å². The lowest BCUT2D eigenvalue weighted by atomic mass is 9.79. The van der Waals surface area contributed by atoms with Crippen LogP contribution >= 0.6 is 0 Å². The summed E-state index contributed by atoms with van der Waals surface area (Å²) in [7, 11) is 0. The van der Waals surface area contributed by atoms with Gasteiger partial charge in [0.05, 0.1) is 0 Å². The molecule has 0 spiro atoms. The molecular formula is C18H34N2. The minimum atomic E-state index is 0.354. The average molecular weight is 278 g/mol. The Labute approximate surface area is 126 Å². The molecule has 2 heteroatoms. The molecule has 1 aliphatic heterocycles. The van der Waals surface area contributed by atoms with Crippen LogP contribution in [0.1, 0.15) is 65.7 Å². The van der Waals surface area contributed by atoms with Crippen molar-refractivity contribution in [1.29, 1.82) is 0 Å². The molecule has 1 heterocycles. The third-order valence-electron chi connectivity index (χ3n) is 5.78. The standard InChI is InChI=1S/C18H34N2/c1-4-7-13-20-15-18(5-2,6-3)19-14-17(20)16-11-9-8-10-12-16/h4,7,16-17,19H,5-6,8-15H2,1-3H3/b7-4+. The fourth-order valence-corrected chi connectivity index (χ4v) is 4.16. The summed E-state index contributed by atoms with van der Waals surface area (Å²) in [5, 5.41) is 3.92. The van der Waals surface area contributed by atoms with E-state index in [4.69, 9.17) is 0 Å². The maximum absolute atomic E-state index is 3.92. The van der Waals surface area contributed by atoms with E-state index in [1.165, 1.54) is 58.0 Å². The molecular weight excluding hydrogens is 244 g/mol. The van der Waals surface area contributed by atoms with Crippen LogP contribution in [0.5, 0.6) is 0 Å². The molecule has 0 amide bonds. The van der Waals surface area contributed by atoms with E-state index in [0.29, 0.717) is 5.54 Å². The van der Waals surface area contributed by atoms with Gasteiger partial charge in [0.25, 0.3) is 0 Å². The van der Waals surface area contributed by atoms with Crippen molar-refractivity contribution in [2.75, 3.05) is 19.6 Å². The Hall–Kier alpha value is -0.340. The van der Waals surface area contributed by atoms with Gasteiger partial charge in [0, 0.05) is 31.2 Å². The number of hydrogen-bond donors (Lipinski definition) is 1. The second-order valence-corrected chi connectivity index (χ2v) is 6.83. The lowest BCUT2D eigenvalue weighted by Crippen LogP contribution is -2.65. The molecule has 0 radical (unpaired) electrons. The van der Waals surface area contributed by atoms with E-state index in [1.54, 1.807) is 0 Å². The molecule has 20 heavy (non-hydrogen) atoms. The molecule has 2 rings (SSSR count). The van der Waals surface area contributed by atoms with Crippen molar-refractivity contribution in [1.82, 2.24) is 10.2 Å². The number of piperazine rings is 1. The molecule has 1 saturated heterocycles. The maximum Gasteiger partial charge on any atom is 0.0304 e. The van der Waals surface area contributed by atoms with Crippen molar-refractivity contribution < 1.29 is 0 Å². The highest BCUT2D eigenvalue weighted by atomic mass is 15.3. The number of nitrogens with one attached hydrogen (secondary N) is 1. The molecule has 1 unspecified atom stereocenters. The summed E-state index contributed by atoms with van der Waals surface area (Å²) in [5.41, 5.74) is 0.354. The molecule has 2 aliphatic rings. The van der Waals surface area contributed by atoms with Gasteiger partial charge in [-0.1, -0.05) is 45.3 Å². The van der Waals surface area contributed by atoms with Crippen molar-refractivity contribution in [2.24, 2.45) is 5.92 Å². The van der Waals surface area contributed by atoms with Crippen LogP contribution in [0.4, 0.5) is 0 Å². The lowest BCUT2D eigenvalue weighted by Gasteiger charge is -2.50. The van der Waals surface area contributed by atoms with Gasteiger partial charge in [0.1, 0.15) is 0 Å². The first kappa shape index (κ1) is 16.0. The molecule has 116 valence electrons. The predicted octanol–water partition coefficient (Wildman–Crippen LogP) is 3.98. The summed E-state index contributed by atoms with van der Waals surface area (Å²) in [6, 6.07) is 0.762. The minimum Gasteiger partial charge on any atom is -0.308 e. The molecule has 2 fully saturated rings. The highest BCUT2D eigenvalue weighted by Gasteiger charge is 2.39. The van der Waals surface area contributed by atoms with Crippen LogP contribution in [-0.4, -0.2) is 36.1 Å². The Kier molecular flexibility index (Phi) is 6.10. The van der Waals surface area contributed by atoms with Crippen LogP contribution in [0.15, 0.2) is 12.2 Å². The van der Waals surface area contributed by atoms with Gasteiger partial charge < -0.3 is 5.32 Å². The van der Waals surface area contributed by atoms with E-state index in [1.807, 2.05) is 0 Å². The second-order valence-electron chi connectivity index (χ2n) is 6.83. The van der Waals surface area contributed by atoms with Crippen molar-refractivity contribution in [2.45, 2.75) is 77.3 Å². The van der Waals surface area contributed by atoms with Crippen molar-refractivity contribution in [3.63, 3.8) is 0 Å². The second kappa shape index (κ2) is 7.61. The van der Waals surface area contributed by atoms with Gasteiger partial charge in [0.2, 0.25) is 0 Å². The molecule has 0 aromatic carbocycles. The minimum absolute atomic E-state index is 0.354. The van der Waals surface area contributed by atoms with Crippen LogP contribution in [0.3, 0.4) is 0 Å². The van der Waals surface area contributed by atoms with Crippen LogP contribution in [0.25, 0.3) is 0 Å².